The maximum atomic E-state index is 12.9. The zero-order valence-corrected chi connectivity index (χ0v) is 16.2. The Balaban J connectivity index is 1.95. The van der Waals surface area contributed by atoms with Crippen molar-refractivity contribution in [2.75, 3.05) is 11.4 Å². The number of alkyl halides is 3. The number of nitrogens with zero attached hydrogens (tertiary/aromatic N) is 1. The molecule has 0 unspecified atom stereocenters. The van der Waals surface area contributed by atoms with Crippen LogP contribution in [0, 0.1) is 5.92 Å². The van der Waals surface area contributed by atoms with Crippen molar-refractivity contribution < 1.29 is 23.1 Å². The summed E-state index contributed by atoms with van der Waals surface area (Å²) in [5.74, 6) is -0.939. The summed E-state index contributed by atoms with van der Waals surface area (Å²) in [7, 11) is 0. The second-order valence-corrected chi connectivity index (χ2v) is 7.82. The molecule has 2 aromatic carbocycles. The largest absolute Gasteiger partial charge is 0.481 e. The number of benzene rings is 2. The molecular weight excluding hydrogens is 414 g/mol. The highest BCUT2D eigenvalue weighted by Gasteiger charge is 2.33. The van der Waals surface area contributed by atoms with E-state index in [9.17, 15) is 18.0 Å². The van der Waals surface area contributed by atoms with Gasteiger partial charge >= 0.3 is 12.1 Å². The maximum absolute atomic E-state index is 12.9. The van der Waals surface area contributed by atoms with Crippen LogP contribution in [0.15, 0.2) is 42.5 Å². The number of anilines is 1. The fraction of sp³-hybridized carbons (Fsp3) is 0.350. The highest BCUT2D eigenvalue weighted by atomic mass is 35.5. The molecule has 0 amide bonds. The Labute approximate surface area is 170 Å². The first-order valence-corrected chi connectivity index (χ1v) is 9.51. The monoisotopic (exact) mass is 431 g/mol. The molecular formula is C20H18Cl2F3NO2. The molecule has 0 aromatic heterocycles. The zero-order chi connectivity index (χ0) is 20.5. The van der Waals surface area contributed by atoms with Crippen LogP contribution in [-0.4, -0.2) is 17.6 Å². The minimum atomic E-state index is -4.41. The third-order valence-corrected chi connectivity index (χ3v) is 5.41. The van der Waals surface area contributed by atoms with Crippen LogP contribution in [0.2, 0.25) is 10.0 Å². The normalized spacial score (nSPS) is 20.2. The van der Waals surface area contributed by atoms with Crippen molar-refractivity contribution in [3.05, 3.63) is 63.6 Å². The van der Waals surface area contributed by atoms with Gasteiger partial charge in [-0.3, -0.25) is 4.79 Å². The van der Waals surface area contributed by atoms with E-state index in [1.807, 2.05) is 4.90 Å². The molecule has 0 radical (unpaired) electrons. The average molecular weight is 432 g/mol. The van der Waals surface area contributed by atoms with E-state index in [0.717, 1.165) is 17.8 Å². The predicted molar refractivity (Wildman–Crippen MR) is 103 cm³/mol. The maximum Gasteiger partial charge on any atom is 0.416 e. The summed E-state index contributed by atoms with van der Waals surface area (Å²) in [5.41, 5.74) is 0.738. The van der Waals surface area contributed by atoms with Gasteiger partial charge in [0.25, 0.3) is 0 Å². The molecule has 0 bridgehead atoms. The first-order chi connectivity index (χ1) is 13.1. The summed E-state index contributed by atoms with van der Waals surface area (Å²) in [6, 6.07) is 9.86. The van der Waals surface area contributed by atoms with E-state index >= 15 is 0 Å². The van der Waals surface area contributed by atoms with E-state index < -0.39 is 17.7 Å². The Morgan fingerprint density at radius 2 is 1.71 bits per heavy atom. The number of rotatable bonds is 4. The third-order valence-electron chi connectivity index (χ3n) is 4.98. The zero-order valence-electron chi connectivity index (χ0n) is 14.7. The Morgan fingerprint density at radius 3 is 2.25 bits per heavy atom. The highest BCUT2D eigenvalue weighted by Crippen LogP contribution is 2.41. The average Bonchev–Trinajstić information content (AvgIpc) is 2.59. The molecule has 8 heteroatoms. The van der Waals surface area contributed by atoms with Gasteiger partial charge < -0.3 is 10.0 Å². The molecule has 2 atom stereocenters. The topological polar surface area (TPSA) is 40.5 Å². The van der Waals surface area contributed by atoms with Gasteiger partial charge in [-0.15, -0.1) is 0 Å². The van der Waals surface area contributed by atoms with Crippen molar-refractivity contribution in [1.82, 2.24) is 0 Å². The SMILES string of the molecule is O=C(O)C[C@H]1CCN(c2cc(Cl)cc(Cl)c2)[C@@H](c2ccc(C(F)(F)F)cc2)C1. The van der Waals surface area contributed by atoms with Crippen LogP contribution in [-0.2, 0) is 11.0 Å². The van der Waals surface area contributed by atoms with Gasteiger partial charge in [0.05, 0.1) is 11.6 Å². The predicted octanol–water partition coefficient (Wildman–Crippen LogP) is 6.44. The Morgan fingerprint density at radius 1 is 1.11 bits per heavy atom. The summed E-state index contributed by atoms with van der Waals surface area (Å²) in [6.45, 7) is 0.556. The first-order valence-electron chi connectivity index (χ1n) is 8.75. The van der Waals surface area contributed by atoms with Crippen LogP contribution in [0.1, 0.15) is 36.4 Å². The summed E-state index contributed by atoms with van der Waals surface area (Å²) in [5, 5.41) is 10.0. The molecule has 150 valence electrons. The van der Waals surface area contributed by atoms with Crippen LogP contribution < -0.4 is 4.90 Å². The van der Waals surface area contributed by atoms with Crippen molar-refractivity contribution in [2.24, 2.45) is 5.92 Å². The molecule has 1 fully saturated rings. The van der Waals surface area contributed by atoms with Crippen molar-refractivity contribution in [3.63, 3.8) is 0 Å². The lowest BCUT2D eigenvalue weighted by Gasteiger charge is -2.41. The number of piperidine rings is 1. The molecule has 1 saturated heterocycles. The second kappa shape index (κ2) is 8.21. The van der Waals surface area contributed by atoms with Gasteiger partial charge in [-0.1, -0.05) is 35.3 Å². The highest BCUT2D eigenvalue weighted by molar-refractivity contribution is 6.35. The molecule has 0 aliphatic carbocycles. The van der Waals surface area contributed by atoms with Gasteiger partial charge in [0.15, 0.2) is 0 Å². The van der Waals surface area contributed by atoms with Gasteiger partial charge in [0.2, 0.25) is 0 Å². The van der Waals surface area contributed by atoms with E-state index in [2.05, 4.69) is 0 Å². The minimum Gasteiger partial charge on any atom is -0.481 e. The Bertz CT molecular complexity index is 835. The molecule has 3 rings (SSSR count). The summed E-state index contributed by atoms with van der Waals surface area (Å²) >= 11 is 12.2. The minimum absolute atomic E-state index is 0.0290. The summed E-state index contributed by atoms with van der Waals surface area (Å²) in [6.07, 6.45) is -3.20. The summed E-state index contributed by atoms with van der Waals surface area (Å²) < 4.78 is 38.7. The molecule has 1 heterocycles. The van der Waals surface area contributed by atoms with Crippen LogP contribution in [0.25, 0.3) is 0 Å². The number of hydrogen-bond donors (Lipinski definition) is 1. The quantitative estimate of drug-likeness (QED) is 0.604. The molecule has 1 N–H and O–H groups in total. The van der Waals surface area contributed by atoms with Gasteiger partial charge in [-0.2, -0.15) is 13.2 Å². The van der Waals surface area contributed by atoms with Crippen molar-refractivity contribution >= 4 is 34.9 Å². The molecule has 0 saturated carbocycles. The number of halogens is 5. The fourth-order valence-electron chi connectivity index (χ4n) is 3.70. The first kappa shape index (κ1) is 20.8. The number of carboxylic acids is 1. The lowest BCUT2D eigenvalue weighted by Crippen LogP contribution is -2.37. The lowest BCUT2D eigenvalue weighted by atomic mass is 9.84. The van der Waals surface area contributed by atoms with Crippen LogP contribution in [0.4, 0.5) is 18.9 Å². The van der Waals surface area contributed by atoms with Crippen molar-refractivity contribution in [3.8, 4) is 0 Å². The molecule has 0 spiro atoms. The molecule has 28 heavy (non-hydrogen) atoms. The Hall–Kier alpha value is -1.92. The van der Waals surface area contributed by atoms with Crippen LogP contribution >= 0.6 is 23.2 Å². The smallest absolute Gasteiger partial charge is 0.416 e. The van der Waals surface area contributed by atoms with Gasteiger partial charge in [0.1, 0.15) is 0 Å². The van der Waals surface area contributed by atoms with E-state index in [0.29, 0.717) is 35.0 Å². The molecule has 2 aromatic rings. The summed E-state index contributed by atoms with van der Waals surface area (Å²) in [4.78, 5) is 13.2. The van der Waals surface area contributed by atoms with E-state index in [1.54, 1.807) is 18.2 Å². The second-order valence-electron chi connectivity index (χ2n) is 6.94. The molecule has 3 nitrogen and oxygen atoms in total. The number of aliphatic carboxylic acids is 1. The van der Waals surface area contributed by atoms with Gasteiger partial charge in [-0.05, 0) is 54.7 Å². The van der Waals surface area contributed by atoms with Crippen molar-refractivity contribution in [1.29, 1.82) is 0 Å². The number of hydrogen-bond acceptors (Lipinski definition) is 2. The van der Waals surface area contributed by atoms with Gasteiger partial charge in [0, 0.05) is 28.7 Å². The van der Waals surface area contributed by atoms with Crippen molar-refractivity contribution in [2.45, 2.75) is 31.5 Å². The third kappa shape index (κ3) is 4.92. The van der Waals surface area contributed by atoms with Gasteiger partial charge in [-0.25, -0.2) is 0 Å². The number of carbonyl (C=O) groups is 1. The Kier molecular flexibility index (Phi) is 6.10. The number of carboxylic acid groups (broad SMARTS) is 1. The molecule has 1 aliphatic heterocycles. The van der Waals surface area contributed by atoms with E-state index in [4.69, 9.17) is 28.3 Å². The van der Waals surface area contributed by atoms with E-state index in [1.165, 1.54) is 12.1 Å². The van der Waals surface area contributed by atoms with Crippen LogP contribution in [0.3, 0.4) is 0 Å². The standard InChI is InChI=1S/C20H18Cl2F3NO2/c21-15-9-16(22)11-17(10-15)26-6-5-12(8-19(27)28)7-18(26)13-1-3-14(4-2-13)20(23,24)25/h1-4,9-12,18H,5-8H2,(H,27,28)/t12-,18+/m0/s1. The van der Waals surface area contributed by atoms with E-state index in [-0.39, 0.29) is 18.4 Å². The fourth-order valence-corrected chi connectivity index (χ4v) is 4.21. The van der Waals surface area contributed by atoms with Crippen LogP contribution in [0.5, 0.6) is 0 Å². The lowest BCUT2D eigenvalue weighted by molar-refractivity contribution is -0.139. The molecule has 1 aliphatic rings.